The van der Waals surface area contributed by atoms with Gasteiger partial charge in [-0.15, -0.1) is 0 Å². The van der Waals surface area contributed by atoms with Gasteiger partial charge in [-0.05, 0) is 23.1 Å². The lowest BCUT2D eigenvalue weighted by Gasteiger charge is -2.24. The molecule has 4 N–H and O–H groups in total. The fourth-order valence-corrected chi connectivity index (χ4v) is 1.77. The Hall–Kier alpha value is -1.84. The molecule has 1 aromatic carbocycles. The monoisotopic (exact) mass is 220 g/mol. The van der Waals surface area contributed by atoms with E-state index in [4.69, 9.17) is 11.5 Å². The van der Waals surface area contributed by atoms with Crippen LogP contribution in [0.1, 0.15) is 47.1 Å². The van der Waals surface area contributed by atoms with Gasteiger partial charge in [0.2, 0.25) is 11.8 Å². The predicted molar refractivity (Wildman–Crippen MR) is 62.2 cm³/mol. The van der Waals surface area contributed by atoms with Gasteiger partial charge in [0.25, 0.3) is 0 Å². The maximum absolute atomic E-state index is 11.3. The summed E-state index contributed by atoms with van der Waals surface area (Å²) < 4.78 is 0. The second-order valence-electron chi connectivity index (χ2n) is 4.71. The van der Waals surface area contributed by atoms with E-state index in [0.29, 0.717) is 16.7 Å². The molecular formula is C12H16N2O2. The molecule has 0 aliphatic carbocycles. The number of carbonyl (C=O) groups is 2. The van der Waals surface area contributed by atoms with Crippen molar-refractivity contribution < 1.29 is 9.59 Å². The van der Waals surface area contributed by atoms with E-state index in [1.54, 1.807) is 18.2 Å². The lowest BCUT2D eigenvalue weighted by atomic mass is 9.80. The summed E-state index contributed by atoms with van der Waals surface area (Å²) in [6, 6.07) is 4.82. The van der Waals surface area contributed by atoms with Crippen molar-refractivity contribution in [1.82, 2.24) is 0 Å². The molecule has 4 heteroatoms. The first kappa shape index (κ1) is 12.2. The van der Waals surface area contributed by atoms with E-state index in [1.807, 2.05) is 20.8 Å². The van der Waals surface area contributed by atoms with Crippen molar-refractivity contribution in [1.29, 1.82) is 0 Å². The number of hydrogen-bond donors (Lipinski definition) is 2. The first-order valence-electron chi connectivity index (χ1n) is 4.98. The lowest BCUT2D eigenvalue weighted by molar-refractivity contribution is 0.0997. The Balaban J connectivity index is 3.60. The van der Waals surface area contributed by atoms with Gasteiger partial charge in [-0.3, -0.25) is 9.59 Å². The molecule has 0 aromatic heterocycles. The molecule has 4 nitrogen and oxygen atoms in total. The minimum Gasteiger partial charge on any atom is -0.366 e. The molecule has 1 aromatic rings. The van der Waals surface area contributed by atoms with E-state index >= 15 is 0 Å². The van der Waals surface area contributed by atoms with Crippen molar-refractivity contribution in [2.24, 2.45) is 11.5 Å². The van der Waals surface area contributed by atoms with E-state index < -0.39 is 11.8 Å². The standard InChI is InChI=1S/C12H16N2O2/c1-12(2,3)9-7(10(13)15)5-4-6-8(9)11(14)16/h4-6H,1-3H3,(H2,13,15)(H2,14,16). The third kappa shape index (κ3) is 2.21. The van der Waals surface area contributed by atoms with Crippen molar-refractivity contribution in [3.8, 4) is 0 Å². The zero-order chi connectivity index (χ0) is 12.5. The number of carbonyl (C=O) groups excluding carboxylic acids is 2. The van der Waals surface area contributed by atoms with Crippen LogP contribution in [0.25, 0.3) is 0 Å². The van der Waals surface area contributed by atoms with Crippen LogP contribution in [0.15, 0.2) is 18.2 Å². The quantitative estimate of drug-likeness (QED) is 0.784. The number of rotatable bonds is 2. The zero-order valence-corrected chi connectivity index (χ0v) is 9.70. The molecule has 86 valence electrons. The maximum atomic E-state index is 11.3. The van der Waals surface area contributed by atoms with E-state index in [9.17, 15) is 9.59 Å². The summed E-state index contributed by atoms with van der Waals surface area (Å²) in [6.07, 6.45) is 0. The third-order valence-corrected chi connectivity index (χ3v) is 2.35. The van der Waals surface area contributed by atoms with E-state index in [1.165, 1.54) is 0 Å². The van der Waals surface area contributed by atoms with Crippen LogP contribution < -0.4 is 11.5 Å². The first-order chi connectivity index (χ1) is 7.25. The second-order valence-corrected chi connectivity index (χ2v) is 4.71. The average Bonchev–Trinajstić information content (AvgIpc) is 2.15. The van der Waals surface area contributed by atoms with Crippen LogP contribution in [0, 0.1) is 0 Å². The second kappa shape index (κ2) is 3.96. The van der Waals surface area contributed by atoms with Crippen molar-refractivity contribution in [3.63, 3.8) is 0 Å². The van der Waals surface area contributed by atoms with Gasteiger partial charge < -0.3 is 11.5 Å². The Kier molecular flexibility index (Phi) is 3.03. The van der Waals surface area contributed by atoms with Crippen molar-refractivity contribution in [2.75, 3.05) is 0 Å². The number of hydrogen-bond acceptors (Lipinski definition) is 2. The fourth-order valence-electron chi connectivity index (χ4n) is 1.77. The van der Waals surface area contributed by atoms with Gasteiger partial charge in [0.1, 0.15) is 0 Å². The van der Waals surface area contributed by atoms with Gasteiger partial charge >= 0.3 is 0 Å². The summed E-state index contributed by atoms with van der Waals surface area (Å²) in [6.45, 7) is 5.71. The normalized spacial score (nSPS) is 11.2. The maximum Gasteiger partial charge on any atom is 0.249 e. The highest BCUT2D eigenvalue weighted by Crippen LogP contribution is 2.29. The smallest absolute Gasteiger partial charge is 0.249 e. The Bertz CT molecular complexity index is 413. The predicted octanol–water partition coefficient (Wildman–Crippen LogP) is 1.18. The van der Waals surface area contributed by atoms with Crippen molar-refractivity contribution >= 4 is 11.8 Å². The van der Waals surface area contributed by atoms with Crippen LogP contribution in [0.3, 0.4) is 0 Å². The van der Waals surface area contributed by atoms with E-state index in [-0.39, 0.29) is 5.41 Å². The highest BCUT2D eigenvalue weighted by molar-refractivity contribution is 6.01. The van der Waals surface area contributed by atoms with Crippen LogP contribution in [-0.2, 0) is 5.41 Å². The number of benzene rings is 1. The van der Waals surface area contributed by atoms with Gasteiger partial charge in [-0.2, -0.15) is 0 Å². The zero-order valence-electron chi connectivity index (χ0n) is 9.70. The molecule has 0 aliphatic rings. The van der Waals surface area contributed by atoms with Crippen molar-refractivity contribution in [2.45, 2.75) is 26.2 Å². The van der Waals surface area contributed by atoms with E-state index in [2.05, 4.69) is 0 Å². The summed E-state index contributed by atoms with van der Waals surface area (Å²) in [4.78, 5) is 22.6. The van der Waals surface area contributed by atoms with Gasteiger partial charge in [-0.25, -0.2) is 0 Å². The molecule has 2 amide bonds. The molecule has 0 radical (unpaired) electrons. The molecule has 16 heavy (non-hydrogen) atoms. The largest absolute Gasteiger partial charge is 0.366 e. The Labute approximate surface area is 94.6 Å². The van der Waals surface area contributed by atoms with Crippen LogP contribution >= 0.6 is 0 Å². The van der Waals surface area contributed by atoms with Gasteiger partial charge in [0.05, 0.1) is 0 Å². The lowest BCUT2D eigenvalue weighted by Crippen LogP contribution is -2.26. The fraction of sp³-hybridized carbons (Fsp3) is 0.333. The molecule has 0 unspecified atom stereocenters. The molecule has 1 rings (SSSR count). The Morgan fingerprint density at radius 3 is 1.62 bits per heavy atom. The summed E-state index contributed by atoms with van der Waals surface area (Å²) in [5.74, 6) is -1.10. The summed E-state index contributed by atoms with van der Waals surface area (Å²) in [5.41, 5.74) is 11.5. The molecule has 0 heterocycles. The molecule has 0 aliphatic heterocycles. The molecule has 0 spiro atoms. The SMILES string of the molecule is CC(C)(C)c1c(C(N)=O)cccc1C(N)=O. The minimum absolute atomic E-state index is 0.351. The Morgan fingerprint density at radius 2 is 1.38 bits per heavy atom. The topological polar surface area (TPSA) is 86.2 Å². The summed E-state index contributed by atoms with van der Waals surface area (Å²) in [5, 5.41) is 0. The highest BCUT2D eigenvalue weighted by atomic mass is 16.1. The Morgan fingerprint density at radius 1 is 1.00 bits per heavy atom. The van der Waals surface area contributed by atoms with Gasteiger partial charge in [0, 0.05) is 11.1 Å². The molecule has 0 atom stereocenters. The van der Waals surface area contributed by atoms with Gasteiger partial charge in [-0.1, -0.05) is 26.8 Å². The van der Waals surface area contributed by atoms with Crippen LogP contribution in [0.2, 0.25) is 0 Å². The van der Waals surface area contributed by atoms with Crippen molar-refractivity contribution in [3.05, 3.63) is 34.9 Å². The third-order valence-electron chi connectivity index (χ3n) is 2.35. The minimum atomic E-state index is -0.548. The number of amides is 2. The molecule has 0 bridgehead atoms. The summed E-state index contributed by atoms with van der Waals surface area (Å²) >= 11 is 0. The molecule has 0 saturated heterocycles. The average molecular weight is 220 g/mol. The van der Waals surface area contributed by atoms with Crippen LogP contribution in [-0.4, -0.2) is 11.8 Å². The molecular weight excluding hydrogens is 204 g/mol. The molecule has 0 saturated carbocycles. The van der Waals surface area contributed by atoms with Gasteiger partial charge in [0.15, 0.2) is 0 Å². The molecule has 0 fully saturated rings. The first-order valence-corrected chi connectivity index (χ1v) is 4.98. The number of primary amides is 2. The van der Waals surface area contributed by atoms with Crippen LogP contribution in [0.4, 0.5) is 0 Å². The van der Waals surface area contributed by atoms with Crippen LogP contribution in [0.5, 0.6) is 0 Å². The van der Waals surface area contributed by atoms with E-state index in [0.717, 1.165) is 0 Å². The number of nitrogens with two attached hydrogens (primary N) is 2. The highest BCUT2D eigenvalue weighted by Gasteiger charge is 2.25. The summed E-state index contributed by atoms with van der Waals surface area (Å²) in [7, 11) is 0.